The maximum absolute atomic E-state index is 12.8. The summed E-state index contributed by atoms with van der Waals surface area (Å²) in [4.78, 5) is 12.8. The Kier molecular flexibility index (Phi) is 2.90. The average molecular weight is 278 g/mol. The van der Waals surface area contributed by atoms with Crippen LogP contribution in [0.1, 0.15) is 57.8 Å². The van der Waals surface area contributed by atoms with Crippen LogP contribution in [0.3, 0.4) is 0 Å². The number of hydrogen-bond donors (Lipinski definition) is 2. The number of amides is 1. The van der Waals surface area contributed by atoms with E-state index in [1.807, 2.05) is 0 Å². The third-order valence-electron chi connectivity index (χ3n) is 6.13. The maximum Gasteiger partial charge on any atom is 0.240 e. The van der Waals surface area contributed by atoms with Gasteiger partial charge in [0.25, 0.3) is 0 Å². The van der Waals surface area contributed by atoms with Crippen LogP contribution in [0.4, 0.5) is 0 Å². The third kappa shape index (κ3) is 2.08. The maximum atomic E-state index is 12.8. The minimum absolute atomic E-state index is 0.201. The molecule has 1 amide bonds. The van der Waals surface area contributed by atoms with Crippen molar-refractivity contribution in [2.24, 2.45) is 17.3 Å². The molecule has 2 unspecified atom stereocenters. The monoisotopic (exact) mass is 278 g/mol. The van der Waals surface area contributed by atoms with Crippen LogP contribution < -0.4 is 5.43 Å². The zero-order valence-electron chi connectivity index (χ0n) is 12.2. The predicted molar refractivity (Wildman–Crippen MR) is 75.6 cm³/mol. The van der Waals surface area contributed by atoms with Gasteiger partial charge in [0.05, 0.1) is 11.0 Å². The number of carbonyl (C=O) groups is 1. The second-order valence-electron chi connectivity index (χ2n) is 7.95. The minimum atomic E-state index is -0.538. The smallest absolute Gasteiger partial charge is 0.240 e. The van der Waals surface area contributed by atoms with Crippen molar-refractivity contribution in [2.45, 2.75) is 63.4 Å². The molecule has 112 valence electrons. The summed E-state index contributed by atoms with van der Waals surface area (Å²) in [6, 6.07) is 0. The van der Waals surface area contributed by atoms with Crippen LogP contribution in [-0.4, -0.2) is 34.7 Å². The van der Waals surface area contributed by atoms with Gasteiger partial charge in [-0.2, -0.15) is 0 Å². The molecule has 0 aromatic carbocycles. The lowest BCUT2D eigenvalue weighted by molar-refractivity contribution is -0.181. The van der Waals surface area contributed by atoms with E-state index in [0.29, 0.717) is 18.3 Å². The first kappa shape index (κ1) is 13.1. The largest absolute Gasteiger partial charge is 0.390 e. The number of piperidine rings is 1. The SMILES string of the molecule is O=C(NN1CCCCC1)C12C[C@@H]3C[C@@H](CC(O)(C3)C1)C2. The molecule has 4 aliphatic carbocycles. The van der Waals surface area contributed by atoms with E-state index in [0.717, 1.165) is 38.8 Å². The van der Waals surface area contributed by atoms with Gasteiger partial charge in [-0.25, -0.2) is 5.01 Å². The Morgan fingerprint density at radius 1 is 1.05 bits per heavy atom. The van der Waals surface area contributed by atoms with E-state index in [1.54, 1.807) is 0 Å². The molecule has 4 nitrogen and oxygen atoms in total. The fraction of sp³-hybridized carbons (Fsp3) is 0.938. The zero-order chi connectivity index (χ0) is 13.8. The molecule has 4 saturated carbocycles. The molecule has 2 N–H and O–H groups in total. The molecule has 1 saturated heterocycles. The Morgan fingerprint density at radius 3 is 2.30 bits per heavy atom. The number of nitrogens with one attached hydrogen (secondary N) is 1. The van der Waals surface area contributed by atoms with Crippen molar-refractivity contribution >= 4 is 5.91 Å². The molecular weight excluding hydrogens is 252 g/mol. The van der Waals surface area contributed by atoms with Gasteiger partial charge < -0.3 is 5.11 Å². The lowest BCUT2D eigenvalue weighted by Crippen LogP contribution is -2.62. The van der Waals surface area contributed by atoms with Crippen molar-refractivity contribution in [3.05, 3.63) is 0 Å². The van der Waals surface area contributed by atoms with Gasteiger partial charge in [0.2, 0.25) is 5.91 Å². The van der Waals surface area contributed by atoms with Gasteiger partial charge in [-0.05, 0) is 63.2 Å². The Labute approximate surface area is 120 Å². The summed E-state index contributed by atoms with van der Waals surface area (Å²) < 4.78 is 0. The summed E-state index contributed by atoms with van der Waals surface area (Å²) >= 11 is 0. The number of aliphatic hydroxyl groups is 1. The summed E-state index contributed by atoms with van der Waals surface area (Å²) in [5.41, 5.74) is 2.37. The van der Waals surface area contributed by atoms with Gasteiger partial charge in [0, 0.05) is 13.1 Å². The molecule has 20 heavy (non-hydrogen) atoms. The summed E-state index contributed by atoms with van der Waals surface area (Å²) in [6.45, 7) is 1.97. The Hall–Kier alpha value is -0.610. The molecule has 4 bridgehead atoms. The van der Waals surface area contributed by atoms with Crippen molar-refractivity contribution in [1.29, 1.82) is 0 Å². The molecule has 0 radical (unpaired) electrons. The molecule has 1 aliphatic heterocycles. The van der Waals surface area contributed by atoms with E-state index in [2.05, 4.69) is 10.4 Å². The second-order valence-corrected chi connectivity index (χ2v) is 7.95. The molecule has 1 heterocycles. The topological polar surface area (TPSA) is 52.6 Å². The summed E-state index contributed by atoms with van der Waals surface area (Å²) in [5, 5.41) is 12.8. The van der Waals surface area contributed by atoms with Crippen LogP contribution in [0.15, 0.2) is 0 Å². The first-order valence-electron chi connectivity index (χ1n) is 8.35. The lowest BCUT2D eigenvalue weighted by atomic mass is 9.47. The average Bonchev–Trinajstić information content (AvgIpc) is 2.37. The molecule has 5 fully saturated rings. The van der Waals surface area contributed by atoms with Crippen LogP contribution in [0.5, 0.6) is 0 Å². The fourth-order valence-electron chi connectivity index (χ4n) is 5.75. The second kappa shape index (κ2) is 4.44. The molecule has 4 heteroatoms. The summed E-state index contributed by atoms with van der Waals surface area (Å²) in [7, 11) is 0. The van der Waals surface area contributed by atoms with Gasteiger partial charge in [0.15, 0.2) is 0 Å². The Bertz CT molecular complexity index is 403. The van der Waals surface area contributed by atoms with Crippen LogP contribution >= 0.6 is 0 Å². The van der Waals surface area contributed by atoms with Crippen LogP contribution in [0.25, 0.3) is 0 Å². The van der Waals surface area contributed by atoms with Crippen molar-refractivity contribution in [3.8, 4) is 0 Å². The Morgan fingerprint density at radius 2 is 1.70 bits per heavy atom. The molecule has 0 aromatic heterocycles. The van der Waals surface area contributed by atoms with Gasteiger partial charge in [-0.15, -0.1) is 0 Å². The highest BCUT2D eigenvalue weighted by atomic mass is 16.3. The van der Waals surface area contributed by atoms with E-state index >= 15 is 0 Å². The minimum Gasteiger partial charge on any atom is -0.390 e. The van der Waals surface area contributed by atoms with E-state index in [4.69, 9.17) is 0 Å². The number of hydrogen-bond acceptors (Lipinski definition) is 3. The van der Waals surface area contributed by atoms with E-state index in [9.17, 15) is 9.90 Å². The highest BCUT2D eigenvalue weighted by Gasteiger charge is 2.60. The standard InChI is InChI=1S/C16H26N2O2/c19-14(17-18-4-2-1-3-5-18)15-7-12-6-13(8-15)10-16(20,9-12)11-15/h12-13,20H,1-11H2,(H,17,19)/t12-,13+,15?,16?. The first-order chi connectivity index (χ1) is 9.57. The molecule has 5 aliphatic rings. The number of rotatable bonds is 2. The van der Waals surface area contributed by atoms with E-state index in [-0.39, 0.29) is 11.3 Å². The predicted octanol–water partition coefficient (Wildman–Crippen LogP) is 1.83. The number of nitrogens with zero attached hydrogens (tertiary/aromatic N) is 1. The van der Waals surface area contributed by atoms with Gasteiger partial charge >= 0.3 is 0 Å². The Balaban J connectivity index is 1.50. The highest BCUT2D eigenvalue weighted by Crippen LogP contribution is 2.61. The molecule has 0 spiro atoms. The molecule has 4 atom stereocenters. The molecule has 5 rings (SSSR count). The third-order valence-corrected chi connectivity index (χ3v) is 6.13. The van der Waals surface area contributed by atoms with Gasteiger partial charge in [0.1, 0.15) is 0 Å². The zero-order valence-corrected chi connectivity index (χ0v) is 12.2. The van der Waals surface area contributed by atoms with Crippen molar-refractivity contribution in [2.75, 3.05) is 13.1 Å². The van der Waals surface area contributed by atoms with Crippen molar-refractivity contribution in [1.82, 2.24) is 10.4 Å². The normalized spacial score (nSPS) is 47.5. The molecular formula is C16H26N2O2. The lowest BCUT2D eigenvalue weighted by Gasteiger charge is -2.59. The fourth-order valence-corrected chi connectivity index (χ4v) is 5.75. The van der Waals surface area contributed by atoms with Crippen LogP contribution in [0.2, 0.25) is 0 Å². The number of carbonyl (C=O) groups excluding carboxylic acids is 1. The van der Waals surface area contributed by atoms with Crippen LogP contribution in [0, 0.1) is 17.3 Å². The van der Waals surface area contributed by atoms with E-state index in [1.165, 1.54) is 25.7 Å². The quantitative estimate of drug-likeness (QED) is 0.810. The van der Waals surface area contributed by atoms with Gasteiger partial charge in [-0.3, -0.25) is 10.2 Å². The number of hydrazine groups is 1. The highest BCUT2D eigenvalue weighted by molar-refractivity contribution is 5.83. The van der Waals surface area contributed by atoms with Crippen LogP contribution in [-0.2, 0) is 4.79 Å². The summed E-state index contributed by atoms with van der Waals surface area (Å²) in [5.74, 6) is 1.36. The van der Waals surface area contributed by atoms with Crippen molar-refractivity contribution < 1.29 is 9.90 Å². The summed E-state index contributed by atoms with van der Waals surface area (Å²) in [6.07, 6.45) is 9.46. The van der Waals surface area contributed by atoms with Crippen molar-refractivity contribution in [3.63, 3.8) is 0 Å². The molecule has 0 aromatic rings. The van der Waals surface area contributed by atoms with E-state index < -0.39 is 5.60 Å². The van der Waals surface area contributed by atoms with Gasteiger partial charge in [-0.1, -0.05) is 6.42 Å². The first-order valence-corrected chi connectivity index (χ1v) is 8.35.